The second-order valence-electron chi connectivity index (χ2n) is 10.4. The van der Waals surface area contributed by atoms with Crippen LogP contribution in [0.3, 0.4) is 0 Å². The summed E-state index contributed by atoms with van der Waals surface area (Å²) < 4.78 is 26.1. The molecule has 1 aliphatic rings. The summed E-state index contributed by atoms with van der Waals surface area (Å²) in [4.78, 5) is 26.1. The van der Waals surface area contributed by atoms with Gasteiger partial charge in [0.2, 0.25) is 0 Å². The van der Waals surface area contributed by atoms with Gasteiger partial charge in [-0.05, 0) is 51.8 Å². The van der Waals surface area contributed by atoms with Gasteiger partial charge in [0.25, 0.3) is 5.56 Å². The number of aromatic nitrogens is 2. The molecule has 0 radical (unpaired) electrons. The smallest absolute Gasteiger partial charge is 0.335 e. The largest absolute Gasteiger partial charge is 0.497 e. The molecule has 0 unspecified atom stereocenters. The van der Waals surface area contributed by atoms with Crippen molar-refractivity contribution in [2.24, 2.45) is 0 Å². The third kappa shape index (κ3) is 7.01. The number of hydrogen-bond donors (Lipinski definition) is 1. The molecule has 1 saturated heterocycles. The highest BCUT2D eigenvalue weighted by molar-refractivity contribution is 9.10. The van der Waals surface area contributed by atoms with E-state index in [1.165, 1.54) is 10.8 Å². The number of rotatable bonds is 8. The predicted molar refractivity (Wildman–Crippen MR) is 146 cm³/mol. The van der Waals surface area contributed by atoms with Gasteiger partial charge in [0, 0.05) is 12.6 Å². The number of ether oxygens (including phenoxy) is 3. The molecule has 1 fully saturated rings. The lowest BCUT2D eigenvalue weighted by atomic mass is 10.2. The lowest BCUT2D eigenvalue weighted by Crippen LogP contribution is -2.45. The maximum absolute atomic E-state index is 13.3. The first-order valence-electron chi connectivity index (χ1n) is 12.0. The molecule has 3 rings (SSSR count). The van der Waals surface area contributed by atoms with Gasteiger partial charge in [-0.2, -0.15) is 0 Å². The van der Waals surface area contributed by atoms with Gasteiger partial charge in [0.1, 0.15) is 31.4 Å². The summed E-state index contributed by atoms with van der Waals surface area (Å²) in [7, 11) is -0.581. The van der Waals surface area contributed by atoms with Crippen LogP contribution < -0.4 is 16.0 Å². The molecule has 2 aromatic rings. The second kappa shape index (κ2) is 12.1. The average molecular weight is 596 g/mol. The Morgan fingerprint density at radius 3 is 2.49 bits per heavy atom. The highest BCUT2D eigenvalue weighted by atomic mass is 79.9. The zero-order chi connectivity index (χ0) is 27.4. The van der Waals surface area contributed by atoms with E-state index in [4.69, 9.17) is 18.6 Å². The number of aliphatic hydroxyl groups is 1. The van der Waals surface area contributed by atoms with E-state index in [9.17, 15) is 14.7 Å². The fourth-order valence-corrected chi connectivity index (χ4v) is 5.40. The Balaban J connectivity index is 1.83. The Labute approximate surface area is 226 Å². The van der Waals surface area contributed by atoms with Crippen LogP contribution in [0.4, 0.5) is 0 Å². The molecule has 37 heavy (non-hydrogen) atoms. The van der Waals surface area contributed by atoms with Crippen LogP contribution in [0.2, 0.25) is 18.1 Å². The van der Waals surface area contributed by atoms with Crippen molar-refractivity contribution in [3.05, 3.63) is 61.3 Å². The van der Waals surface area contributed by atoms with Crippen molar-refractivity contribution < 1.29 is 23.7 Å². The van der Waals surface area contributed by atoms with E-state index in [1.54, 1.807) is 7.11 Å². The lowest BCUT2D eigenvalue weighted by Gasteiger charge is -2.38. The molecule has 0 amide bonds. The number of aliphatic hydroxyl groups excluding tert-OH is 1. The van der Waals surface area contributed by atoms with Crippen molar-refractivity contribution in [1.82, 2.24) is 9.13 Å². The first kappa shape index (κ1) is 29.4. The molecule has 1 aromatic carbocycles. The Bertz CT molecular complexity index is 1260. The molecule has 1 aromatic heterocycles. The standard InChI is InChI=1S/C26H35BrN2O7Si/c1-26(2,3)37(5,6)36-22-14-23(35-21(22)8-7-13-30)28-15-20(27)24(31)29(25(28)32)17-34-16-18-9-11-19(33-4)12-10-18/h9-12,15,21-23,30H,13-14,16-17H2,1-6H3/t21-,22+,23-/m1/s1. The second-order valence-corrected chi connectivity index (χ2v) is 16.0. The van der Waals surface area contributed by atoms with Crippen LogP contribution in [-0.4, -0.2) is 48.5 Å². The van der Waals surface area contributed by atoms with Gasteiger partial charge >= 0.3 is 5.69 Å². The van der Waals surface area contributed by atoms with Gasteiger partial charge in [0.05, 0.1) is 24.3 Å². The molecule has 2 heterocycles. The van der Waals surface area contributed by atoms with Crippen molar-refractivity contribution >= 4 is 24.2 Å². The van der Waals surface area contributed by atoms with E-state index >= 15 is 0 Å². The molecule has 11 heteroatoms. The summed E-state index contributed by atoms with van der Waals surface area (Å²) >= 11 is 3.27. The van der Waals surface area contributed by atoms with E-state index in [1.807, 2.05) is 24.3 Å². The maximum atomic E-state index is 13.3. The number of halogens is 1. The van der Waals surface area contributed by atoms with Crippen molar-refractivity contribution in [2.75, 3.05) is 13.7 Å². The van der Waals surface area contributed by atoms with E-state index in [2.05, 4.69) is 61.6 Å². The summed E-state index contributed by atoms with van der Waals surface area (Å²) in [5.74, 6) is 6.30. The summed E-state index contributed by atoms with van der Waals surface area (Å²) in [6.07, 6.45) is 0.0886. The van der Waals surface area contributed by atoms with Crippen LogP contribution >= 0.6 is 15.9 Å². The van der Waals surface area contributed by atoms with Crippen LogP contribution in [0, 0.1) is 11.8 Å². The molecule has 9 nitrogen and oxygen atoms in total. The number of nitrogens with zero attached hydrogens (tertiary/aromatic N) is 2. The minimum atomic E-state index is -2.17. The van der Waals surface area contributed by atoms with Crippen LogP contribution in [0.15, 0.2) is 44.5 Å². The van der Waals surface area contributed by atoms with Gasteiger partial charge in [-0.1, -0.05) is 44.7 Å². The summed E-state index contributed by atoms with van der Waals surface area (Å²) in [5, 5.41) is 9.18. The van der Waals surface area contributed by atoms with Gasteiger partial charge in [0.15, 0.2) is 8.32 Å². The molecule has 0 bridgehead atoms. The fraction of sp³-hybridized carbons (Fsp3) is 0.538. The highest BCUT2D eigenvalue weighted by Crippen LogP contribution is 2.40. The Morgan fingerprint density at radius 1 is 1.22 bits per heavy atom. The SMILES string of the molecule is COc1ccc(COCn2c(=O)c(Br)cn([C@H]3C[C@H](O[Si](C)(C)C(C)(C)C)[C@@H](C#CCO)O3)c2=O)cc1. The first-order chi connectivity index (χ1) is 17.4. The summed E-state index contributed by atoms with van der Waals surface area (Å²) in [6.45, 7) is 10.4. The third-order valence-electron chi connectivity index (χ3n) is 6.76. The molecule has 0 spiro atoms. The quantitative estimate of drug-likeness (QED) is 0.368. The number of benzene rings is 1. The van der Waals surface area contributed by atoms with Crippen LogP contribution in [-0.2, 0) is 27.2 Å². The molecule has 202 valence electrons. The Hall–Kier alpha value is -2.20. The summed E-state index contributed by atoms with van der Waals surface area (Å²) in [5.41, 5.74) is -0.186. The minimum Gasteiger partial charge on any atom is -0.497 e. The van der Waals surface area contributed by atoms with E-state index in [-0.39, 0.29) is 35.6 Å². The number of methoxy groups -OCH3 is 1. The third-order valence-corrected chi connectivity index (χ3v) is 11.8. The first-order valence-corrected chi connectivity index (χ1v) is 15.7. The molecular weight excluding hydrogens is 560 g/mol. The molecule has 3 atom stereocenters. The zero-order valence-corrected chi connectivity index (χ0v) is 24.7. The molecule has 0 saturated carbocycles. The Kier molecular flexibility index (Phi) is 9.61. The van der Waals surface area contributed by atoms with E-state index < -0.39 is 31.9 Å². The molecule has 0 aliphatic carbocycles. The molecule has 1 aliphatic heterocycles. The van der Waals surface area contributed by atoms with Gasteiger partial charge in [-0.3, -0.25) is 9.36 Å². The Morgan fingerprint density at radius 2 is 1.89 bits per heavy atom. The van der Waals surface area contributed by atoms with E-state index in [0.29, 0.717) is 6.42 Å². The van der Waals surface area contributed by atoms with Crippen molar-refractivity contribution in [1.29, 1.82) is 0 Å². The van der Waals surface area contributed by atoms with Gasteiger partial charge in [-0.25, -0.2) is 9.36 Å². The van der Waals surface area contributed by atoms with E-state index in [0.717, 1.165) is 15.9 Å². The number of hydrogen-bond acceptors (Lipinski definition) is 7. The minimum absolute atomic E-state index is 0.0334. The van der Waals surface area contributed by atoms with Crippen LogP contribution in [0.25, 0.3) is 0 Å². The lowest BCUT2D eigenvalue weighted by molar-refractivity contribution is 0.00679. The predicted octanol–water partition coefficient (Wildman–Crippen LogP) is 3.63. The monoisotopic (exact) mass is 594 g/mol. The average Bonchev–Trinajstić information content (AvgIpc) is 3.23. The van der Waals surface area contributed by atoms with Crippen LogP contribution in [0.1, 0.15) is 39.0 Å². The van der Waals surface area contributed by atoms with Gasteiger partial charge in [-0.15, -0.1) is 0 Å². The molecule has 1 N–H and O–H groups in total. The van der Waals surface area contributed by atoms with Crippen LogP contribution in [0.5, 0.6) is 5.75 Å². The topological polar surface area (TPSA) is 101 Å². The highest BCUT2D eigenvalue weighted by Gasteiger charge is 2.45. The van der Waals surface area contributed by atoms with Crippen molar-refractivity contribution in [3.63, 3.8) is 0 Å². The summed E-state index contributed by atoms with van der Waals surface area (Å²) in [6, 6.07) is 7.33. The van der Waals surface area contributed by atoms with Crippen molar-refractivity contribution in [3.8, 4) is 17.6 Å². The zero-order valence-electron chi connectivity index (χ0n) is 22.1. The van der Waals surface area contributed by atoms with Gasteiger partial charge < -0.3 is 23.7 Å². The fourth-order valence-electron chi connectivity index (χ4n) is 3.64. The molecular formula is C26H35BrN2O7Si. The van der Waals surface area contributed by atoms with Crippen molar-refractivity contribution in [2.45, 2.75) is 77.1 Å². The maximum Gasteiger partial charge on any atom is 0.335 e. The normalized spacial score (nSPS) is 19.9.